The van der Waals surface area contributed by atoms with Crippen LogP contribution in [0.1, 0.15) is 20.8 Å². The molecule has 0 spiro atoms. The summed E-state index contributed by atoms with van der Waals surface area (Å²) in [5, 5.41) is 3.06. The van der Waals surface area contributed by atoms with Crippen molar-refractivity contribution in [3.63, 3.8) is 0 Å². The molecule has 0 atom stereocenters. The van der Waals surface area contributed by atoms with Gasteiger partial charge < -0.3 is 10.2 Å². The molecule has 1 amide bonds. The first-order chi connectivity index (χ1) is 7.47. The summed E-state index contributed by atoms with van der Waals surface area (Å²) in [6.07, 6.45) is 0. The Morgan fingerprint density at radius 1 is 1.44 bits per heavy atom. The second kappa shape index (κ2) is 3.47. The number of hydrogen-bond donors (Lipinski definition) is 1. The lowest BCUT2D eigenvalue weighted by Gasteiger charge is -2.39. The van der Waals surface area contributed by atoms with Gasteiger partial charge in [0.15, 0.2) is 0 Å². The van der Waals surface area contributed by atoms with Gasteiger partial charge in [-0.3, -0.25) is 4.79 Å². The number of amides is 1. The molecular weight excluding hydrogens is 207 g/mol. The maximum absolute atomic E-state index is 13.7. The van der Waals surface area contributed by atoms with Crippen molar-refractivity contribution in [3.8, 4) is 0 Å². The number of likely N-dealkylation sites (N-methyl/N-ethyl adjacent to an activating group) is 1. The van der Waals surface area contributed by atoms with Crippen molar-refractivity contribution in [2.24, 2.45) is 0 Å². The monoisotopic (exact) mass is 222 g/mol. The van der Waals surface area contributed by atoms with Crippen molar-refractivity contribution >= 4 is 17.3 Å². The molecule has 1 aromatic carbocycles. The second-order valence-electron chi connectivity index (χ2n) is 4.44. The number of benzene rings is 1. The van der Waals surface area contributed by atoms with Gasteiger partial charge in [-0.15, -0.1) is 0 Å². The number of fused-ring (bicyclic) bond motifs is 1. The lowest BCUT2D eigenvalue weighted by molar-refractivity contribution is -0.122. The predicted molar refractivity (Wildman–Crippen MR) is 62.1 cm³/mol. The third kappa shape index (κ3) is 1.45. The molecule has 0 fully saturated rings. The van der Waals surface area contributed by atoms with Gasteiger partial charge >= 0.3 is 0 Å². The Morgan fingerprint density at radius 2 is 2.12 bits per heavy atom. The van der Waals surface area contributed by atoms with Gasteiger partial charge in [-0.2, -0.15) is 0 Å². The van der Waals surface area contributed by atoms with Crippen LogP contribution in [-0.2, 0) is 4.79 Å². The predicted octanol–water partition coefficient (Wildman–Crippen LogP) is 2.38. The van der Waals surface area contributed by atoms with E-state index in [4.69, 9.17) is 0 Å². The minimum Gasteiger partial charge on any atom is -0.370 e. The fraction of sp³-hybridized carbons (Fsp3) is 0.417. The topological polar surface area (TPSA) is 32.3 Å². The van der Waals surface area contributed by atoms with Gasteiger partial charge in [0.25, 0.3) is 5.91 Å². The highest BCUT2D eigenvalue weighted by molar-refractivity contribution is 6.07. The molecule has 0 saturated heterocycles. The van der Waals surface area contributed by atoms with Crippen molar-refractivity contribution in [3.05, 3.63) is 24.0 Å². The highest BCUT2D eigenvalue weighted by atomic mass is 19.1. The quantitative estimate of drug-likeness (QED) is 0.791. The number of anilines is 2. The summed E-state index contributed by atoms with van der Waals surface area (Å²) in [6.45, 7) is 5.91. The van der Waals surface area contributed by atoms with Gasteiger partial charge in [-0.05, 0) is 32.9 Å². The summed E-state index contributed by atoms with van der Waals surface area (Å²) in [4.78, 5) is 13.6. The maximum Gasteiger partial charge on any atom is 0.252 e. The molecule has 1 N–H and O–H groups in total. The molecule has 3 nitrogen and oxygen atoms in total. The lowest BCUT2D eigenvalue weighted by atomic mass is 9.98. The van der Waals surface area contributed by atoms with E-state index in [0.29, 0.717) is 17.9 Å². The highest BCUT2D eigenvalue weighted by Gasteiger charge is 2.39. The van der Waals surface area contributed by atoms with Gasteiger partial charge in [0.1, 0.15) is 17.0 Å². The van der Waals surface area contributed by atoms with Crippen molar-refractivity contribution in [1.29, 1.82) is 0 Å². The lowest BCUT2D eigenvalue weighted by Crippen LogP contribution is -2.54. The van der Waals surface area contributed by atoms with Crippen LogP contribution in [0.4, 0.5) is 15.8 Å². The minimum absolute atomic E-state index is 0.104. The zero-order valence-electron chi connectivity index (χ0n) is 9.67. The molecule has 16 heavy (non-hydrogen) atoms. The first-order valence-corrected chi connectivity index (χ1v) is 5.36. The Kier molecular flexibility index (Phi) is 2.37. The smallest absolute Gasteiger partial charge is 0.252 e. The number of nitrogens with one attached hydrogen (secondary N) is 1. The number of para-hydroxylation sites is 1. The number of hydrogen-bond acceptors (Lipinski definition) is 2. The second-order valence-corrected chi connectivity index (χ2v) is 4.44. The van der Waals surface area contributed by atoms with Crippen molar-refractivity contribution in [1.82, 2.24) is 0 Å². The Morgan fingerprint density at radius 3 is 2.75 bits per heavy atom. The van der Waals surface area contributed by atoms with Crippen LogP contribution in [0.3, 0.4) is 0 Å². The standard InChI is InChI=1S/C12H15FN2O/c1-4-15-10-8(13)6-5-7-9(10)14-12(2,3)11(15)16/h5-7,14H,4H2,1-3H3. The minimum atomic E-state index is -0.684. The van der Waals surface area contributed by atoms with Crippen molar-refractivity contribution < 1.29 is 9.18 Å². The Hall–Kier alpha value is -1.58. The third-order valence-electron chi connectivity index (χ3n) is 2.80. The maximum atomic E-state index is 13.7. The summed E-state index contributed by atoms with van der Waals surface area (Å²) in [7, 11) is 0. The first-order valence-electron chi connectivity index (χ1n) is 5.36. The van der Waals surface area contributed by atoms with E-state index in [1.165, 1.54) is 11.0 Å². The SMILES string of the molecule is CCN1C(=O)C(C)(C)Nc2cccc(F)c21. The Bertz CT molecular complexity index is 443. The van der Waals surface area contributed by atoms with Crippen LogP contribution in [0.15, 0.2) is 18.2 Å². The van der Waals surface area contributed by atoms with Gasteiger partial charge in [0.2, 0.25) is 0 Å². The normalized spacial score (nSPS) is 18.0. The molecule has 1 aromatic rings. The van der Waals surface area contributed by atoms with E-state index >= 15 is 0 Å². The van der Waals surface area contributed by atoms with E-state index in [-0.39, 0.29) is 11.7 Å². The Labute approximate surface area is 94.3 Å². The van der Waals surface area contributed by atoms with Crippen LogP contribution in [0, 0.1) is 5.82 Å². The van der Waals surface area contributed by atoms with Gasteiger partial charge in [0, 0.05) is 6.54 Å². The molecule has 86 valence electrons. The fourth-order valence-corrected chi connectivity index (χ4v) is 2.02. The zero-order chi connectivity index (χ0) is 11.9. The average Bonchev–Trinajstić information content (AvgIpc) is 2.21. The van der Waals surface area contributed by atoms with Gasteiger partial charge in [-0.25, -0.2) is 4.39 Å². The zero-order valence-corrected chi connectivity index (χ0v) is 9.67. The third-order valence-corrected chi connectivity index (χ3v) is 2.80. The average molecular weight is 222 g/mol. The molecule has 0 bridgehead atoms. The first kappa shape index (κ1) is 10.9. The van der Waals surface area contributed by atoms with E-state index < -0.39 is 5.54 Å². The molecule has 1 aliphatic rings. The van der Waals surface area contributed by atoms with Crippen molar-refractivity contribution in [2.75, 3.05) is 16.8 Å². The summed E-state index contributed by atoms with van der Waals surface area (Å²) in [5.74, 6) is -0.469. The van der Waals surface area contributed by atoms with Crippen LogP contribution < -0.4 is 10.2 Å². The Balaban J connectivity index is 2.61. The molecule has 0 saturated carbocycles. The van der Waals surface area contributed by atoms with Crippen LogP contribution >= 0.6 is 0 Å². The van der Waals surface area contributed by atoms with Crippen LogP contribution in [-0.4, -0.2) is 18.0 Å². The molecule has 4 heteroatoms. The number of nitrogens with zero attached hydrogens (tertiary/aromatic N) is 1. The summed E-state index contributed by atoms with van der Waals surface area (Å²) < 4.78 is 13.7. The number of carbonyl (C=O) groups is 1. The van der Waals surface area contributed by atoms with Gasteiger partial charge in [0.05, 0.1) is 5.69 Å². The number of rotatable bonds is 1. The molecule has 0 unspecified atom stereocenters. The van der Waals surface area contributed by atoms with E-state index in [2.05, 4.69) is 5.32 Å². The molecule has 2 rings (SSSR count). The molecule has 0 radical (unpaired) electrons. The van der Waals surface area contributed by atoms with Crippen LogP contribution in [0.25, 0.3) is 0 Å². The largest absolute Gasteiger partial charge is 0.370 e. The molecule has 1 aliphatic heterocycles. The molecular formula is C12H15FN2O. The summed E-state index contributed by atoms with van der Waals surface area (Å²) in [6, 6.07) is 4.80. The van der Waals surface area contributed by atoms with E-state index in [1.807, 2.05) is 6.92 Å². The fourth-order valence-electron chi connectivity index (χ4n) is 2.02. The summed E-state index contributed by atoms with van der Waals surface area (Å²) in [5.41, 5.74) is 0.345. The molecule has 0 aliphatic carbocycles. The summed E-state index contributed by atoms with van der Waals surface area (Å²) >= 11 is 0. The van der Waals surface area contributed by atoms with Crippen molar-refractivity contribution in [2.45, 2.75) is 26.3 Å². The number of carbonyl (C=O) groups excluding carboxylic acids is 1. The van der Waals surface area contributed by atoms with Gasteiger partial charge in [-0.1, -0.05) is 6.07 Å². The molecule has 1 heterocycles. The highest BCUT2D eigenvalue weighted by Crippen LogP contribution is 2.36. The van der Waals surface area contributed by atoms with Crippen LogP contribution in [0.2, 0.25) is 0 Å². The molecule has 0 aromatic heterocycles. The van der Waals surface area contributed by atoms with E-state index in [0.717, 1.165) is 0 Å². The van der Waals surface area contributed by atoms with Crippen LogP contribution in [0.5, 0.6) is 0 Å². The van der Waals surface area contributed by atoms with E-state index in [1.54, 1.807) is 26.0 Å². The van der Waals surface area contributed by atoms with E-state index in [9.17, 15) is 9.18 Å². The number of halogens is 1.